The molecule has 2 aromatic heterocycles. The second kappa shape index (κ2) is 9.50. The Morgan fingerprint density at radius 3 is 2.44 bits per heavy atom. The molecule has 34 heavy (non-hydrogen) atoms. The molecule has 1 aliphatic heterocycles. The highest BCUT2D eigenvalue weighted by Gasteiger charge is 2.44. The normalized spacial score (nSPS) is 17.9. The van der Waals surface area contributed by atoms with Crippen LogP contribution in [0.1, 0.15) is 22.9 Å². The summed E-state index contributed by atoms with van der Waals surface area (Å²) in [4.78, 5) is 35.6. The van der Waals surface area contributed by atoms with Crippen molar-refractivity contribution in [3.63, 3.8) is 0 Å². The molecule has 0 aliphatic carbocycles. The van der Waals surface area contributed by atoms with E-state index in [0.29, 0.717) is 15.8 Å². The lowest BCUT2D eigenvalue weighted by Crippen LogP contribution is -2.31. The van der Waals surface area contributed by atoms with E-state index < -0.39 is 11.2 Å². The van der Waals surface area contributed by atoms with E-state index in [2.05, 4.69) is 12.1 Å². The fourth-order valence-corrected chi connectivity index (χ4v) is 6.93. The molecule has 2 atom stereocenters. The first-order valence-electron chi connectivity index (χ1n) is 10.3. The summed E-state index contributed by atoms with van der Waals surface area (Å²) in [7, 11) is 0. The standard InChI is InChI=1S/C24H18ClN3O3S3/c1-13-2-4-14(5-3-13)17-11-32-21(26-17)18-12-33-24(27-18)28-22(31)19(10-20(29)30)34-23(28)15-6-8-16(25)9-7-15/h2-9,11-12,19,23H,10H2,1H3,(H,29,30). The number of aromatic nitrogens is 2. The Kier molecular flexibility index (Phi) is 6.44. The molecule has 0 saturated carbocycles. The van der Waals surface area contributed by atoms with E-state index in [1.807, 2.05) is 41.9 Å². The molecule has 2 unspecified atom stereocenters. The number of aryl methyl sites for hydroxylation is 1. The average Bonchev–Trinajstić information content (AvgIpc) is 3.54. The SMILES string of the molecule is Cc1ccc(-c2csc(-c3csc(N4C(=O)C(CC(=O)O)SC4c4ccc(Cl)cc4)n3)n2)cc1. The van der Waals surface area contributed by atoms with Crippen LogP contribution in [0, 0.1) is 6.92 Å². The summed E-state index contributed by atoms with van der Waals surface area (Å²) in [6.45, 7) is 2.04. The summed E-state index contributed by atoms with van der Waals surface area (Å²) in [6.07, 6.45) is -0.241. The minimum Gasteiger partial charge on any atom is -0.481 e. The fraction of sp³-hybridized carbons (Fsp3) is 0.167. The van der Waals surface area contributed by atoms with Gasteiger partial charge in [0.1, 0.15) is 16.1 Å². The van der Waals surface area contributed by atoms with Crippen LogP contribution in [0.2, 0.25) is 5.02 Å². The molecule has 2 aromatic carbocycles. The number of thioether (sulfide) groups is 1. The van der Waals surface area contributed by atoms with Crippen molar-refractivity contribution in [3.8, 4) is 22.0 Å². The molecule has 1 aliphatic rings. The molecule has 172 valence electrons. The number of carboxylic acids is 1. The maximum atomic E-state index is 13.2. The van der Waals surface area contributed by atoms with Crippen LogP contribution < -0.4 is 4.90 Å². The first-order chi connectivity index (χ1) is 16.4. The summed E-state index contributed by atoms with van der Waals surface area (Å²) in [5, 5.41) is 14.0. The van der Waals surface area contributed by atoms with Crippen molar-refractivity contribution < 1.29 is 14.7 Å². The Labute approximate surface area is 213 Å². The summed E-state index contributed by atoms with van der Waals surface area (Å²) in [5.41, 5.74) is 4.66. The Morgan fingerprint density at radius 2 is 1.74 bits per heavy atom. The van der Waals surface area contributed by atoms with E-state index in [1.165, 1.54) is 40.0 Å². The number of amides is 1. The minimum atomic E-state index is -1.01. The van der Waals surface area contributed by atoms with Crippen LogP contribution in [0.5, 0.6) is 0 Å². The number of aliphatic carboxylic acids is 1. The van der Waals surface area contributed by atoms with Gasteiger partial charge in [0.25, 0.3) is 0 Å². The largest absolute Gasteiger partial charge is 0.481 e. The summed E-state index contributed by atoms with van der Waals surface area (Å²) < 4.78 is 0. The van der Waals surface area contributed by atoms with Crippen molar-refractivity contribution in [2.75, 3.05) is 4.90 Å². The molecule has 3 heterocycles. The van der Waals surface area contributed by atoms with Crippen LogP contribution in [0.4, 0.5) is 5.13 Å². The third kappa shape index (κ3) is 4.61. The second-order valence-electron chi connectivity index (χ2n) is 7.75. The van der Waals surface area contributed by atoms with Gasteiger partial charge in [0.15, 0.2) is 5.13 Å². The molecule has 1 amide bonds. The molecule has 6 nitrogen and oxygen atoms in total. The van der Waals surface area contributed by atoms with Gasteiger partial charge in [0.2, 0.25) is 5.91 Å². The number of rotatable bonds is 6. The number of hydrogen-bond acceptors (Lipinski definition) is 7. The smallest absolute Gasteiger partial charge is 0.305 e. The highest BCUT2D eigenvalue weighted by molar-refractivity contribution is 8.01. The minimum absolute atomic E-state index is 0.241. The van der Waals surface area contributed by atoms with Crippen LogP contribution in [0.3, 0.4) is 0 Å². The Hall–Kier alpha value is -2.72. The van der Waals surface area contributed by atoms with E-state index in [-0.39, 0.29) is 17.7 Å². The maximum Gasteiger partial charge on any atom is 0.305 e. The van der Waals surface area contributed by atoms with Crippen LogP contribution in [0.15, 0.2) is 59.3 Å². The number of hydrogen-bond donors (Lipinski definition) is 1. The van der Waals surface area contributed by atoms with E-state index in [1.54, 1.807) is 17.0 Å². The fourth-order valence-electron chi connectivity index (χ4n) is 3.61. The lowest BCUT2D eigenvalue weighted by Gasteiger charge is -2.21. The average molecular weight is 528 g/mol. The number of carbonyl (C=O) groups excluding carboxylic acids is 1. The highest BCUT2D eigenvalue weighted by atomic mass is 35.5. The maximum absolute atomic E-state index is 13.2. The Bertz CT molecular complexity index is 1350. The van der Waals surface area contributed by atoms with Gasteiger partial charge in [-0.05, 0) is 24.6 Å². The summed E-state index contributed by atoms with van der Waals surface area (Å²) in [6, 6.07) is 15.4. The first kappa shape index (κ1) is 23.0. The number of halogens is 1. The van der Waals surface area contributed by atoms with Crippen LogP contribution >= 0.6 is 46.0 Å². The predicted octanol–water partition coefficient (Wildman–Crippen LogP) is 6.52. The molecule has 1 fully saturated rings. The predicted molar refractivity (Wildman–Crippen MR) is 139 cm³/mol. The van der Waals surface area contributed by atoms with Crippen LogP contribution in [0.25, 0.3) is 22.0 Å². The number of nitrogens with zero attached hydrogens (tertiary/aromatic N) is 3. The van der Waals surface area contributed by atoms with E-state index in [0.717, 1.165) is 21.8 Å². The van der Waals surface area contributed by atoms with Crippen molar-refractivity contribution in [1.82, 2.24) is 9.97 Å². The van der Waals surface area contributed by atoms with E-state index in [4.69, 9.17) is 21.6 Å². The molecule has 0 spiro atoms. The zero-order valence-electron chi connectivity index (χ0n) is 17.8. The number of benzene rings is 2. The summed E-state index contributed by atoms with van der Waals surface area (Å²) >= 11 is 10.2. The molecule has 0 radical (unpaired) electrons. The zero-order chi connectivity index (χ0) is 23.8. The molecule has 0 bridgehead atoms. The lowest BCUT2D eigenvalue weighted by molar-refractivity contribution is -0.138. The van der Waals surface area contributed by atoms with Crippen LogP contribution in [-0.2, 0) is 9.59 Å². The van der Waals surface area contributed by atoms with Crippen molar-refractivity contribution in [3.05, 3.63) is 75.4 Å². The third-order valence-electron chi connectivity index (χ3n) is 5.32. The Balaban J connectivity index is 1.46. The van der Waals surface area contributed by atoms with Gasteiger partial charge in [-0.2, -0.15) is 0 Å². The van der Waals surface area contributed by atoms with Gasteiger partial charge in [-0.3, -0.25) is 14.5 Å². The van der Waals surface area contributed by atoms with Crippen LogP contribution in [-0.4, -0.2) is 32.2 Å². The quantitative estimate of drug-likeness (QED) is 0.307. The van der Waals surface area contributed by atoms with Gasteiger partial charge in [-0.15, -0.1) is 34.4 Å². The van der Waals surface area contributed by atoms with Gasteiger partial charge in [-0.25, -0.2) is 9.97 Å². The lowest BCUT2D eigenvalue weighted by atomic mass is 10.1. The Morgan fingerprint density at radius 1 is 1.03 bits per heavy atom. The molecule has 5 rings (SSSR count). The van der Waals surface area contributed by atoms with Gasteiger partial charge < -0.3 is 5.11 Å². The van der Waals surface area contributed by atoms with E-state index in [9.17, 15) is 14.7 Å². The van der Waals surface area contributed by atoms with E-state index >= 15 is 0 Å². The van der Waals surface area contributed by atoms with Crippen molar-refractivity contribution in [1.29, 1.82) is 0 Å². The number of carboxylic acid groups (broad SMARTS) is 1. The molecular formula is C24H18ClN3O3S3. The second-order valence-corrected chi connectivity index (χ2v) is 11.2. The molecular weight excluding hydrogens is 510 g/mol. The highest BCUT2D eigenvalue weighted by Crippen LogP contribution is 2.48. The molecule has 10 heteroatoms. The third-order valence-corrected chi connectivity index (χ3v) is 8.72. The van der Waals surface area contributed by atoms with Crippen molar-refractivity contribution in [2.24, 2.45) is 0 Å². The molecule has 4 aromatic rings. The van der Waals surface area contributed by atoms with Gasteiger partial charge in [-0.1, -0.05) is 53.6 Å². The monoisotopic (exact) mass is 527 g/mol. The first-order valence-corrected chi connectivity index (χ1v) is 13.4. The zero-order valence-corrected chi connectivity index (χ0v) is 21.0. The van der Waals surface area contributed by atoms with Gasteiger partial charge in [0.05, 0.1) is 17.4 Å². The summed E-state index contributed by atoms with van der Waals surface area (Å²) in [5.74, 6) is -1.26. The van der Waals surface area contributed by atoms with Gasteiger partial charge >= 0.3 is 5.97 Å². The van der Waals surface area contributed by atoms with Gasteiger partial charge in [0, 0.05) is 21.3 Å². The number of anilines is 1. The molecule has 1 N–H and O–H groups in total. The number of carbonyl (C=O) groups is 2. The molecule has 1 saturated heterocycles. The topological polar surface area (TPSA) is 83.4 Å². The number of thiazole rings is 2. The van der Waals surface area contributed by atoms with Crippen molar-refractivity contribution >= 4 is 63.0 Å². The van der Waals surface area contributed by atoms with Crippen molar-refractivity contribution in [2.45, 2.75) is 24.0 Å².